The van der Waals surface area contributed by atoms with Gasteiger partial charge in [-0.2, -0.15) is 0 Å². The number of methoxy groups -OCH3 is 1. The smallest absolute Gasteiger partial charge is 0.255 e. The van der Waals surface area contributed by atoms with Gasteiger partial charge in [-0.1, -0.05) is 6.07 Å². The Morgan fingerprint density at radius 2 is 2.21 bits per heavy atom. The third kappa shape index (κ3) is 3.18. The van der Waals surface area contributed by atoms with E-state index in [2.05, 4.69) is 22.9 Å². The summed E-state index contributed by atoms with van der Waals surface area (Å²) in [4.78, 5) is 14.5. The summed E-state index contributed by atoms with van der Waals surface area (Å²) in [6.45, 7) is 4.87. The maximum atomic E-state index is 12.6. The van der Waals surface area contributed by atoms with Crippen molar-refractivity contribution < 1.29 is 9.53 Å². The number of carbonyl (C=O) groups excluding carboxylic acids is 1. The molecule has 1 aliphatic heterocycles. The van der Waals surface area contributed by atoms with Crippen LogP contribution in [-0.4, -0.2) is 36.6 Å². The van der Waals surface area contributed by atoms with Crippen molar-refractivity contribution in [2.24, 2.45) is 0 Å². The van der Waals surface area contributed by atoms with Gasteiger partial charge >= 0.3 is 0 Å². The average Bonchev–Trinajstić information content (AvgIpc) is 2.37. The van der Waals surface area contributed by atoms with Gasteiger partial charge in [-0.3, -0.25) is 4.79 Å². The Labute approximate surface area is 123 Å². The van der Waals surface area contributed by atoms with Gasteiger partial charge in [0.15, 0.2) is 0 Å². The topological polar surface area (TPSA) is 29.5 Å². The number of piperidine rings is 1. The van der Waals surface area contributed by atoms with Gasteiger partial charge < -0.3 is 9.64 Å². The first-order chi connectivity index (χ1) is 9.02. The van der Waals surface area contributed by atoms with Gasteiger partial charge in [0.1, 0.15) is 0 Å². The summed E-state index contributed by atoms with van der Waals surface area (Å²) in [5, 5.41) is 0. The molecule has 19 heavy (non-hydrogen) atoms. The molecule has 104 valence electrons. The van der Waals surface area contributed by atoms with Crippen LogP contribution in [0.5, 0.6) is 0 Å². The lowest BCUT2D eigenvalue weighted by molar-refractivity contribution is 0.0159. The summed E-state index contributed by atoms with van der Waals surface area (Å²) < 4.78 is 6.26. The van der Waals surface area contributed by atoms with Crippen LogP contribution >= 0.6 is 15.9 Å². The lowest BCUT2D eigenvalue weighted by Crippen LogP contribution is -2.46. The number of likely N-dealkylation sites (tertiary alicyclic amines) is 1. The summed E-state index contributed by atoms with van der Waals surface area (Å²) in [6, 6.07) is 6.08. The second-order valence-electron chi connectivity index (χ2n) is 5.21. The summed E-state index contributed by atoms with van der Waals surface area (Å²) in [5.41, 5.74) is 1.89. The van der Waals surface area contributed by atoms with Crippen LogP contribution in [0, 0.1) is 6.92 Å². The highest BCUT2D eigenvalue weighted by atomic mass is 79.9. The molecule has 2 unspecified atom stereocenters. The van der Waals surface area contributed by atoms with E-state index in [1.165, 1.54) is 0 Å². The Morgan fingerprint density at radius 3 is 2.79 bits per heavy atom. The predicted octanol–water partition coefficient (Wildman–Crippen LogP) is 3.40. The summed E-state index contributed by atoms with van der Waals surface area (Å²) >= 11 is 3.49. The molecule has 1 saturated heterocycles. The number of nitrogens with zero attached hydrogens (tertiary/aromatic N) is 1. The fourth-order valence-electron chi connectivity index (χ4n) is 2.59. The molecule has 1 amide bonds. The maximum Gasteiger partial charge on any atom is 0.255 e. The van der Waals surface area contributed by atoms with Gasteiger partial charge in [-0.25, -0.2) is 0 Å². The number of amides is 1. The van der Waals surface area contributed by atoms with Crippen molar-refractivity contribution in [3.63, 3.8) is 0 Å². The Hall–Kier alpha value is -0.870. The lowest BCUT2D eigenvalue weighted by atomic mass is 9.99. The zero-order valence-electron chi connectivity index (χ0n) is 11.6. The number of halogens is 1. The fourth-order valence-corrected chi connectivity index (χ4v) is 3.26. The van der Waals surface area contributed by atoms with Gasteiger partial charge in [0.05, 0.1) is 11.7 Å². The number of aryl methyl sites for hydroxylation is 1. The predicted molar refractivity (Wildman–Crippen MR) is 79.4 cm³/mol. The standard InChI is InChI=1S/C15H20BrNO2/c1-10-4-5-13(14(16)8-10)15(18)17-7-6-12(19-3)9-11(17)2/h4-5,8,11-12H,6-7,9H2,1-3H3. The van der Waals surface area contributed by atoms with Gasteiger partial charge in [0, 0.05) is 24.2 Å². The SMILES string of the molecule is COC1CCN(C(=O)c2ccc(C)cc2Br)C(C)C1. The van der Waals surface area contributed by atoms with Crippen molar-refractivity contribution in [2.75, 3.05) is 13.7 Å². The molecule has 0 aromatic heterocycles. The highest BCUT2D eigenvalue weighted by molar-refractivity contribution is 9.10. The van der Waals surface area contributed by atoms with E-state index in [4.69, 9.17) is 4.74 Å². The molecule has 0 bridgehead atoms. The van der Waals surface area contributed by atoms with Crippen molar-refractivity contribution in [3.8, 4) is 0 Å². The van der Waals surface area contributed by atoms with Gasteiger partial charge in [-0.05, 0) is 60.3 Å². The molecule has 2 atom stereocenters. The van der Waals surface area contributed by atoms with Crippen molar-refractivity contribution >= 4 is 21.8 Å². The van der Waals surface area contributed by atoms with E-state index >= 15 is 0 Å². The van der Waals surface area contributed by atoms with Crippen LogP contribution in [-0.2, 0) is 4.74 Å². The number of hydrogen-bond acceptors (Lipinski definition) is 2. The zero-order valence-corrected chi connectivity index (χ0v) is 13.2. The number of ether oxygens (including phenoxy) is 1. The molecular weight excluding hydrogens is 306 g/mol. The molecular formula is C15H20BrNO2. The third-order valence-corrected chi connectivity index (χ3v) is 4.43. The Balaban J connectivity index is 2.16. The molecule has 0 spiro atoms. The summed E-state index contributed by atoms with van der Waals surface area (Å²) in [7, 11) is 1.74. The highest BCUT2D eigenvalue weighted by Crippen LogP contribution is 2.25. The molecule has 1 aliphatic rings. The molecule has 0 N–H and O–H groups in total. The highest BCUT2D eigenvalue weighted by Gasteiger charge is 2.29. The minimum Gasteiger partial charge on any atom is -0.381 e. The van der Waals surface area contributed by atoms with E-state index in [0.717, 1.165) is 35.0 Å². The van der Waals surface area contributed by atoms with Crippen molar-refractivity contribution in [2.45, 2.75) is 38.8 Å². The summed E-state index contributed by atoms with van der Waals surface area (Å²) in [5.74, 6) is 0.105. The largest absolute Gasteiger partial charge is 0.381 e. The minimum absolute atomic E-state index is 0.105. The second-order valence-corrected chi connectivity index (χ2v) is 6.07. The molecule has 0 saturated carbocycles. The molecule has 0 aliphatic carbocycles. The second kappa shape index (κ2) is 6.06. The van der Waals surface area contributed by atoms with E-state index in [1.807, 2.05) is 30.0 Å². The van der Waals surface area contributed by atoms with Gasteiger partial charge in [0.2, 0.25) is 0 Å². The number of rotatable bonds is 2. The molecule has 3 nitrogen and oxygen atoms in total. The monoisotopic (exact) mass is 325 g/mol. The Kier molecular flexibility index (Phi) is 4.63. The van der Waals surface area contributed by atoms with Gasteiger partial charge in [-0.15, -0.1) is 0 Å². The maximum absolute atomic E-state index is 12.6. The van der Waals surface area contributed by atoms with Crippen LogP contribution < -0.4 is 0 Å². The molecule has 1 aromatic rings. The van der Waals surface area contributed by atoms with Crippen molar-refractivity contribution in [1.29, 1.82) is 0 Å². The van der Waals surface area contributed by atoms with Crippen LogP contribution in [0.4, 0.5) is 0 Å². The van der Waals surface area contributed by atoms with Crippen molar-refractivity contribution in [1.82, 2.24) is 4.90 Å². The van der Waals surface area contributed by atoms with E-state index < -0.39 is 0 Å². The molecule has 0 radical (unpaired) electrons. The normalized spacial score (nSPS) is 23.5. The molecule has 1 fully saturated rings. The fraction of sp³-hybridized carbons (Fsp3) is 0.533. The number of hydrogen-bond donors (Lipinski definition) is 0. The van der Waals surface area contributed by atoms with Crippen LogP contribution in [0.3, 0.4) is 0 Å². The van der Waals surface area contributed by atoms with Crippen molar-refractivity contribution in [3.05, 3.63) is 33.8 Å². The molecule has 1 aromatic carbocycles. The first-order valence-corrected chi connectivity index (χ1v) is 7.42. The van der Waals surface area contributed by atoms with Gasteiger partial charge in [0.25, 0.3) is 5.91 Å². The van der Waals surface area contributed by atoms with E-state index in [1.54, 1.807) is 7.11 Å². The first-order valence-electron chi connectivity index (χ1n) is 6.63. The van der Waals surface area contributed by atoms with E-state index in [0.29, 0.717) is 0 Å². The minimum atomic E-state index is 0.105. The molecule has 4 heteroatoms. The average molecular weight is 326 g/mol. The molecule has 1 heterocycles. The lowest BCUT2D eigenvalue weighted by Gasteiger charge is -2.37. The summed E-state index contributed by atoms with van der Waals surface area (Å²) in [6.07, 6.45) is 2.10. The van der Waals surface area contributed by atoms with E-state index in [-0.39, 0.29) is 18.1 Å². The quantitative estimate of drug-likeness (QED) is 0.834. The van der Waals surface area contributed by atoms with Crippen LogP contribution in [0.2, 0.25) is 0 Å². The Morgan fingerprint density at radius 1 is 1.47 bits per heavy atom. The van der Waals surface area contributed by atoms with E-state index in [9.17, 15) is 4.79 Å². The zero-order chi connectivity index (χ0) is 14.0. The van der Waals surface area contributed by atoms with Crippen LogP contribution in [0.25, 0.3) is 0 Å². The third-order valence-electron chi connectivity index (χ3n) is 3.78. The Bertz CT molecular complexity index is 475. The first kappa shape index (κ1) is 14.5. The van der Waals surface area contributed by atoms with Crippen LogP contribution in [0.15, 0.2) is 22.7 Å². The number of benzene rings is 1. The number of carbonyl (C=O) groups is 1. The molecule has 2 rings (SSSR count). The van der Waals surface area contributed by atoms with Crippen LogP contribution in [0.1, 0.15) is 35.7 Å².